The minimum atomic E-state index is -4.34. The van der Waals surface area contributed by atoms with Gasteiger partial charge in [0.15, 0.2) is 0 Å². The summed E-state index contributed by atoms with van der Waals surface area (Å²) in [6.45, 7) is 3.45. The van der Waals surface area contributed by atoms with E-state index in [4.69, 9.17) is 11.6 Å². The third-order valence-corrected chi connectivity index (χ3v) is 9.73. The highest BCUT2D eigenvalue weighted by atomic mass is 35.5. The van der Waals surface area contributed by atoms with Crippen molar-refractivity contribution in [3.63, 3.8) is 0 Å². The molecule has 36 heavy (non-hydrogen) atoms. The van der Waals surface area contributed by atoms with E-state index >= 15 is 0 Å². The van der Waals surface area contributed by atoms with Gasteiger partial charge in [-0.2, -0.15) is 8.42 Å². The van der Waals surface area contributed by atoms with Crippen LogP contribution in [0.3, 0.4) is 0 Å². The Bertz CT molecular complexity index is 1680. The van der Waals surface area contributed by atoms with Crippen LogP contribution in [-0.4, -0.2) is 31.0 Å². The molecule has 0 amide bonds. The van der Waals surface area contributed by atoms with E-state index in [0.29, 0.717) is 21.2 Å². The highest BCUT2D eigenvalue weighted by molar-refractivity contribution is 7.99. The number of hydrogen-bond acceptors (Lipinski definition) is 7. The van der Waals surface area contributed by atoms with Crippen molar-refractivity contribution in [3.05, 3.63) is 98.9 Å². The van der Waals surface area contributed by atoms with Crippen LogP contribution in [0.5, 0.6) is 0 Å². The number of nitrogens with zero attached hydrogens (tertiary/aromatic N) is 2. The van der Waals surface area contributed by atoms with E-state index in [1.165, 1.54) is 30.0 Å². The molecule has 3 aromatic carbocycles. The lowest BCUT2D eigenvalue weighted by Crippen LogP contribution is -2.26. The van der Waals surface area contributed by atoms with Gasteiger partial charge in [-0.3, -0.25) is 4.98 Å². The summed E-state index contributed by atoms with van der Waals surface area (Å²) in [6, 6.07) is 18.3. The Kier molecular flexibility index (Phi) is 7.32. The number of anilines is 1. The van der Waals surface area contributed by atoms with Gasteiger partial charge >= 0.3 is 5.69 Å². The second-order valence-electron chi connectivity index (χ2n) is 7.87. The molecule has 0 atom stereocenters. The Hall–Kier alpha value is -3.06. The third-order valence-electron chi connectivity index (χ3n) is 5.12. The van der Waals surface area contributed by atoms with Crippen molar-refractivity contribution >= 4 is 49.4 Å². The SMILES string of the molecule is Cc1ccc(S(=O)(=O)n2nc(NS(=O)(=O)c3cc(C)c(Cl)cc3SCc3ccccc3)[nH]c2=O)cc1. The molecule has 4 aromatic rings. The predicted molar refractivity (Wildman–Crippen MR) is 140 cm³/mol. The van der Waals surface area contributed by atoms with E-state index in [0.717, 1.165) is 11.1 Å². The van der Waals surface area contributed by atoms with Crippen LogP contribution in [0, 0.1) is 13.8 Å². The van der Waals surface area contributed by atoms with Gasteiger partial charge in [-0.1, -0.05) is 63.7 Å². The topological polar surface area (TPSA) is 131 Å². The smallest absolute Gasteiger partial charge is 0.273 e. The normalized spacial score (nSPS) is 12.0. The van der Waals surface area contributed by atoms with Gasteiger partial charge in [-0.25, -0.2) is 17.9 Å². The number of benzene rings is 3. The highest BCUT2D eigenvalue weighted by Gasteiger charge is 2.26. The lowest BCUT2D eigenvalue weighted by Gasteiger charge is -2.13. The van der Waals surface area contributed by atoms with Crippen molar-refractivity contribution in [1.82, 2.24) is 14.2 Å². The summed E-state index contributed by atoms with van der Waals surface area (Å²) in [4.78, 5) is 14.7. The highest BCUT2D eigenvalue weighted by Crippen LogP contribution is 2.34. The number of aromatic nitrogens is 3. The molecule has 188 valence electrons. The minimum absolute atomic E-state index is 0.0814. The first-order valence-electron chi connectivity index (χ1n) is 10.5. The molecule has 0 bridgehead atoms. The van der Waals surface area contributed by atoms with Crippen molar-refractivity contribution in [1.29, 1.82) is 0 Å². The van der Waals surface area contributed by atoms with Gasteiger partial charge in [0, 0.05) is 15.7 Å². The molecule has 0 spiro atoms. The Morgan fingerprint density at radius 1 is 1.00 bits per heavy atom. The van der Waals surface area contributed by atoms with E-state index in [1.807, 2.05) is 30.3 Å². The molecule has 9 nitrogen and oxygen atoms in total. The van der Waals surface area contributed by atoms with E-state index in [1.54, 1.807) is 32.0 Å². The molecule has 0 aliphatic heterocycles. The number of thioether (sulfide) groups is 1. The van der Waals surface area contributed by atoms with Crippen LogP contribution >= 0.6 is 23.4 Å². The molecular weight excluding hydrogens is 544 g/mol. The first kappa shape index (κ1) is 26.0. The average Bonchev–Trinajstić information content (AvgIpc) is 3.20. The first-order valence-corrected chi connectivity index (χ1v) is 14.8. The fraction of sp³-hybridized carbons (Fsp3) is 0.130. The fourth-order valence-corrected chi connectivity index (χ4v) is 7.10. The molecule has 0 aliphatic carbocycles. The maximum absolute atomic E-state index is 13.3. The van der Waals surface area contributed by atoms with Gasteiger partial charge in [-0.05, 0) is 49.2 Å². The summed E-state index contributed by atoms with van der Waals surface area (Å²) in [5.74, 6) is -0.0504. The van der Waals surface area contributed by atoms with Gasteiger partial charge < -0.3 is 0 Å². The molecule has 1 heterocycles. The van der Waals surface area contributed by atoms with Gasteiger partial charge in [0.25, 0.3) is 20.0 Å². The van der Waals surface area contributed by atoms with E-state index in [2.05, 4.69) is 14.8 Å². The Morgan fingerprint density at radius 3 is 2.33 bits per heavy atom. The molecular formula is C23H21ClN4O5S3. The molecule has 0 unspecified atom stereocenters. The molecule has 0 saturated heterocycles. The molecule has 13 heteroatoms. The number of aromatic amines is 1. The predicted octanol–water partition coefficient (Wildman–Crippen LogP) is 4.17. The minimum Gasteiger partial charge on any atom is -0.273 e. The molecule has 0 aliphatic rings. The second kappa shape index (κ2) is 10.1. The zero-order chi connectivity index (χ0) is 26.1. The summed E-state index contributed by atoms with van der Waals surface area (Å²) in [6.07, 6.45) is 0. The standard InChI is InChI=1S/C23H21ClN4O5S3/c1-15-8-10-18(11-9-15)36(32,33)28-23(29)25-22(26-28)27-35(30,31)21-12-16(2)19(24)13-20(21)34-14-17-6-4-3-5-7-17/h3-13H,14H2,1-2H3,(H2,25,26,27,29). The van der Waals surface area contributed by atoms with Crippen molar-refractivity contribution in [2.45, 2.75) is 34.3 Å². The summed E-state index contributed by atoms with van der Waals surface area (Å²) >= 11 is 7.54. The molecule has 2 N–H and O–H groups in total. The van der Waals surface area contributed by atoms with Crippen LogP contribution in [-0.2, 0) is 25.8 Å². The zero-order valence-corrected chi connectivity index (χ0v) is 22.3. The van der Waals surface area contributed by atoms with Crippen molar-refractivity contribution in [2.75, 3.05) is 4.72 Å². The van der Waals surface area contributed by atoms with Crippen LogP contribution in [0.15, 0.2) is 86.2 Å². The fourth-order valence-electron chi connectivity index (χ4n) is 3.21. The lowest BCUT2D eigenvalue weighted by atomic mass is 10.2. The van der Waals surface area contributed by atoms with Gasteiger partial charge in [-0.15, -0.1) is 16.9 Å². The number of aryl methyl sites for hydroxylation is 2. The lowest BCUT2D eigenvalue weighted by molar-refractivity contribution is 0.577. The van der Waals surface area contributed by atoms with Crippen molar-refractivity contribution in [3.8, 4) is 0 Å². The van der Waals surface area contributed by atoms with Crippen LogP contribution in [0.2, 0.25) is 5.02 Å². The number of sulfonamides is 1. The number of halogens is 1. The molecule has 0 saturated carbocycles. The van der Waals surface area contributed by atoms with Crippen LogP contribution in [0.25, 0.3) is 0 Å². The van der Waals surface area contributed by atoms with Gasteiger partial charge in [0.2, 0.25) is 5.95 Å². The third kappa shape index (κ3) is 5.51. The number of nitrogens with one attached hydrogen (secondary N) is 2. The summed E-state index contributed by atoms with van der Waals surface area (Å²) in [5.41, 5.74) is 1.23. The first-order chi connectivity index (χ1) is 17.0. The molecule has 0 fully saturated rings. The zero-order valence-electron chi connectivity index (χ0n) is 19.1. The second-order valence-corrected chi connectivity index (χ2v) is 12.7. The Balaban J connectivity index is 1.66. The van der Waals surface area contributed by atoms with Crippen molar-refractivity contribution < 1.29 is 16.8 Å². The number of rotatable bonds is 8. The van der Waals surface area contributed by atoms with Crippen LogP contribution in [0.1, 0.15) is 16.7 Å². The van der Waals surface area contributed by atoms with Crippen LogP contribution in [0.4, 0.5) is 5.95 Å². The van der Waals surface area contributed by atoms with E-state index < -0.39 is 31.7 Å². The van der Waals surface area contributed by atoms with Crippen LogP contribution < -0.4 is 10.4 Å². The number of hydrogen-bond donors (Lipinski definition) is 2. The number of H-pyrrole nitrogens is 1. The maximum atomic E-state index is 13.3. The van der Waals surface area contributed by atoms with E-state index in [-0.39, 0.29) is 13.9 Å². The molecule has 0 radical (unpaired) electrons. The summed E-state index contributed by atoms with van der Waals surface area (Å²) in [5, 5.41) is 4.09. The average molecular weight is 565 g/mol. The molecule has 1 aromatic heterocycles. The molecule has 4 rings (SSSR count). The quantitative estimate of drug-likeness (QED) is 0.307. The largest absolute Gasteiger partial charge is 0.359 e. The van der Waals surface area contributed by atoms with E-state index in [9.17, 15) is 21.6 Å². The van der Waals surface area contributed by atoms with Gasteiger partial charge in [0.1, 0.15) is 4.90 Å². The van der Waals surface area contributed by atoms with Crippen molar-refractivity contribution in [2.24, 2.45) is 0 Å². The summed E-state index contributed by atoms with van der Waals surface area (Å²) < 4.78 is 54.7. The Morgan fingerprint density at radius 2 is 1.67 bits per heavy atom. The van der Waals surface area contributed by atoms with Gasteiger partial charge in [0.05, 0.1) is 4.90 Å². The Labute approximate surface area is 217 Å². The maximum Gasteiger partial charge on any atom is 0.359 e. The summed E-state index contributed by atoms with van der Waals surface area (Å²) in [7, 11) is -8.62. The monoisotopic (exact) mass is 564 g/mol.